The van der Waals surface area contributed by atoms with Crippen LogP contribution in [0, 0.1) is 0 Å². The highest BCUT2D eigenvalue weighted by Crippen LogP contribution is 2.19. The number of hydrogen-bond acceptors (Lipinski definition) is 8. The van der Waals surface area contributed by atoms with E-state index in [0.717, 1.165) is 18.4 Å². The Kier molecular flexibility index (Phi) is 8.70. The molecule has 2 amide bonds. The molecule has 0 aliphatic carbocycles. The Hall–Kier alpha value is -3.54. The number of carbonyl (C=O) groups excluding carboxylic acids is 2. The number of carbonyl (C=O) groups is 2. The fraction of sp³-hybridized carbons (Fsp3) is 0.462. The molecule has 11 heteroatoms. The van der Waals surface area contributed by atoms with Gasteiger partial charge in [-0.05, 0) is 44.4 Å². The van der Waals surface area contributed by atoms with Crippen LogP contribution in [0.2, 0.25) is 0 Å². The van der Waals surface area contributed by atoms with Gasteiger partial charge in [-0.3, -0.25) is 9.20 Å². The van der Waals surface area contributed by atoms with Gasteiger partial charge >= 0.3 is 6.09 Å². The van der Waals surface area contributed by atoms with Crippen molar-refractivity contribution in [1.29, 1.82) is 0 Å². The van der Waals surface area contributed by atoms with Crippen LogP contribution in [0.3, 0.4) is 0 Å². The first kappa shape index (κ1) is 26.5. The maximum atomic E-state index is 12.8. The molecule has 3 heterocycles. The number of rotatable bonds is 10. The Morgan fingerprint density at radius 3 is 2.59 bits per heavy atom. The first-order chi connectivity index (χ1) is 17.8. The second kappa shape index (κ2) is 12.1. The lowest BCUT2D eigenvalue weighted by Crippen LogP contribution is -2.51. The molecule has 1 atom stereocenters. The normalized spacial score (nSPS) is 15.3. The summed E-state index contributed by atoms with van der Waals surface area (Å²) in [6.07, 6.45) is 1.00. The number of nitrogens with zero attached hydrogens (tertiary/aromatic N) is 3. The van der Waals surface area contributed by atoms with Crippen molar-refractivity contribution < 1.29 is 23.8 Å². The molecule has 198 valence electrons. The Morgan fingerprint density at radius 1 is 1.11 bits per heavy atom. The van der Waals surface area contributed by atoms with Crippen molar-refractivity contribution in [2.45, 2.75) is 57.5 Å². The zero-order chi connectivity index (χ0) is 26.3. The van der Waals surface area contributed by atoms with Crippen molar-refractivity contribution in [2.24, 2.45) is 5.73 Å². The van der Waals surface area contributed by atoms with E-state index in [1.54, 1.807) is 24.3 Å². The van der Waals surface area contributed by atoms with Gasteiger partial charge in [0.05, 0.1) is 24.4 Å². The van der Waals surface area contributed by atoms with Crippen LogP contribution >= 0.6 is 0 Å². The third-order valence-electron chi connectivity index (χ3n) is 6.03. The maximum Gasteiger partial charge on any atom is 0.407 e. The molecule has 11 nitrogen and oxygen atoms in total. The van der Waals surface area contributed by atoms with E-state index in [1.165, 1.54) is 0 Å². The molecule has 1 aliphatic heterocycles. The van der Waals surface area contributed by atoms with Crippen molar-refractivity contribution in [1.82, 2.24) is 25.2 Å². The van der Waals surface area contributed by atoms with Crippen LogP contribution < -0.4 is 16.4 Å². The number of benzene rings is 1. The van der Waals surface area contributed by atoms with Crippen LogP contribution in [-0.2, 0) is 32.2 Å². The van der Waals surface area contributed by atoms with Crippen molar-refractivity contribution in [3.8, 4) is 0 Å². The Labute approximate surface area is 215 Å². The molecule has 1 aromatic carbocycles. The summed E-state index contributed by atoms with van der Waals surface area (Å²) < 4.78 is 18.6. The van der Waals surface area contributed by atoms with Crippen molar-refractivity contribution in [2.75, 3.05) is 19.8 Å². The molecular weight excluding hydrogens is 476 g/mol. The van der Waals surface area contributed by atoms with E-state index < -0.39 is 17.7 Å². The number of aromatic nitrogens is 3. The Morgan fingerprint density at radius 2 is 1.86 bits per heavy atom. The number of fused-ring (bicyclic) bond motifs is 1. The molecule has 1 fully saturated rings. The lowest BCUT2D eigenvalue weighted by atomic mass is 10.1. The molecule has 1 aliphatic rings. The molecule has 4 rings (SSSR count). The van der Waals surface area contributed by atoms with Crippen molar-refractivity contribution >= 4 is 17.6 Å². The van der Waals surface area contributed by atoms with E-state index in [4.69, 9.17) is 19.9 Å². The number of ether oxygens (including phenoxy) is 3. The second-order valence-corrected chi connectivity index (χ2v) is 9.62. The second-order valence-electron chi connectivity index (χ2n) is 9.62. The SMILES string of the molecule is CC(C)(N)C(=O)N[C@H](COCc1ccccc1)c1nnc2cccc(COC(=O)NC3CCOCC3)n12. The summed E-state index contributed by atoms with van der Waals surface area (Å²) in [7, 11) is 0. The minimum atomic E-state index is -1.10. The minimum absolute atomic E-state index is 0.00858. The number of amides is 2. The fourth-order valence-electron chi connectivity index (χ4n) is 3.95. The van der Waals surface area contributed by atoms with Gasteiger partial charge in [0, 0.05) is 19.3 Å². The van der Waals surface area contributed by atoms with Gasteiger partial charge in [-0.1, -0.05) is 36.4 Å². The highest BCUT2D eigenvalue weighted by molar-refractivity contribution is 5.85. The standard InChI is InChI=1S/C26H34N6O5/c1-26(2,27)24(33)29-21(17-36-15-18-7-4-3-5-8-18)23-31-30-22-10-6-9-20(32(22)23)16-37-25(34)28-19-11-13-35-14-12-19/h3-10,19,21H,11-17,27H2,1-2H3,(H,28,34)(H,29,33)/t21-/m1/s1. The van der Waals surface area contributed by atoms with Crippen LogP contribution in [0.25, 0.3) is 5.65 Å². The van der Waals surface area contributed by atoms with Gasteiger partial charge in [0.1, 0.15) is 12.6 Å². The summed E-state index contributed by atoms with van der Waals surface area (Å²) in [6, 6.07) is 14.5. The summed E-state index contributed by atoms with van der Waals surface area (Å²) in [4.78, 5) is 25.2. The lowest BCUT2D eigenvalue weighted by Gasteiger charge is -2.24. The first-order valence-electron chi connectivity index (χ1n) is 12.4. The molecule has 37 heavy (non-hydrogen) atoms. The van der Waals surface area contributed by atoms with Crippen molar-refractivity contribution in [3.63, 3.8) is 0 Å². The van der Waals surface area contributed by atoms with Gasteiger partial charge in [0.25, 0.3) is 0 Å². The number of alkyl carbamates (subject to hydrolysis) is 1. The Balaban J connectivity index is 1.51. The summed E-state index contributed by atoms with van der Waals surface area (Å²) in [5.41, 5.74) is 7.13. The molecule has 0 bridgehead atoms. The predicted molar refractivity (Wildman–Crippen MR) is 135 cm³/mol. The van der Waals surface area contributed by atoms with E-state index in [2.05, 4.69) is 20.8 Å². The average molecular weight is 511 g/mol. The Bertz CT molecular complexity index is 1190. The lowest BCUT2D eigenvalue weighted by molar-refractivity contribution is -0.126. The smallest absolute Gasteiger partial charge is 0.407 e. The summed E-state index contributed by atoms with van der Waals surface area (Å²) in [5.74, 6) is 0.0897. The van der Waals surface area contributed by atoms with E-state index in [0.29, 0.717) is 37.0 Å². The first-order valence-corrected chi connectivity index (χ1v) is 12.4. The van der Waals surface area contributed by atoms with Gasteiger partial charge in [0.2, 0.25) is 5.91 Å². The molecule has 0 unspecified atom stereocenters. The number of nitrogens with two attached hydrogens (primary N) is 1. The van der Waals surface area contributed by atoms with Crippen LogP contribution in [0.4, 0.5) is 4.79 Å². The number of hydrogen-bond donors (Lipinski definition) is 3. The molecule has 1 saturated heterocycles. The van der Waals surface area contributed by atoms with Gasteiger partial charge in [-0.25, -0.2) is 4.79 Å². The minimum Gasteiger partial charge on any atom is -0.443 e. The number of nitrogens with one attached hydrogen (secondary N) is 2. The fourth-order valence-corrected chi connectivity index (χ4v) is 3.95. The highest BCUT2D eigenvalue weighted by atomic mass is 16.5. The third-order valence-corrected chi connectivity index (χ3v) is 6.03. The maximum absolute atomic E-state index is 12.8. The van der Waals surface area contributed by atoms with E-state index in [9.17, 15) is 9.59 Å². The van der Waals surface area contributed by atoms with Crippen LogP contribution in [0.15, 0.2) is 48.5 Å². The van der Waals surface area contributed by atoms with Crippen molar-refractivity contribution in [3.05, 3.63) is 65.6 Å². The van der Waals surface area contributed by atoms with Gasteiger partial charge < -0.3 is 30.6 Å². The quantitative estimate of drug-likeness (QED) is 0.377. The largest absolute Gasteiger partial charge is 0.443 e. The zero-order valence-electron chi connectivity index (χ0n) is 21.2. The van der Waals surface area contributed by atoms with Crippen LogP contribution in [0.1, 0.15) is 49.8 Å². The summed E-state index contributed by atoms with van der Waals surface area (Å²) in [5, 5.41) is 14.4. The summed E-state index contributed by atoms with van der Waals surface area (Å²) in [6.45, 7) is 4.98. The molecular formula is C26H34N6O5. The molecule has 4 N–H and O–H groups in total. The average Bonchev–Trinajstić information content (AvgIpc) is 3.32. The predicted octanol–water partition coefficient (Wildman–Crippen LogP) is 2.25. The molecule has 0 spiro atoms. The molecule has 0 radical (unpaired) electrons. The third kappa shape index (κ3) is 7.25. The van der Waals surface area contributed by atoms with Gasteiger partial charge in [0.15, 0.2) is 11.5 Å². The van der Waals surface area contributed by atoms with Crippen LogP contribution in [0.5, 0.6) is 0 Å². The monoisotopic (exact) mass is 510 g/mol. The van der Waals surface area contributed by atoms with E-state index in [-0.39, 0.29) is 25.2 Å². The molecule has 0 saturated carbocycles. The summed E-state index contributed by atoms with van der Waals surface area (Å²) >= 11 is 0. The number of pyridine rings is 1. The molecule has 3 aromatic rings. The van der Waals surface area contributed by atoms with E-state index >= 15 is 0 Å². The van der Waals surface area contributed by atoms with Gasteiger partial charge in [-0.15, -0.1) is 10.2 Å². The van der Waals surface area contributed by atoms with Crippen LogP contribution in [-0.4, -0.2) is 58.0 Å². The zero-order valence-corrected chi connectivity index (χ0v) is 21.2. The van der Waals surface area contributed by atoms with E-state index in [1.807, 2.05) is 42.5 Å². The molecule has 2 aromatic heterocycles. The highest BCUT2D eigenvalue weighted by Gasteiger charge is 2.28. The topological polar surface area (TPSA) is 142 Å². The van der Waals surface area contributed by atoms with Gasteiger partial charge in [-0.2, -0.15) is 0 Å².